The van der Waals surface area contributed by atoms with Gasteiger partial charge in [0.1, 0.15) is 11.0 Å². The molecule has 0 fully saturated rings. The molecule has 4 aromatic rings. The topological polar surface area (TPSA) is 80.3 Å². The van der Waals surface area contributed by atoms with Crippen LogP contribution in [-0.2, 0) is 0 Å². The largest absolute Gasteiger partial charge is 0.298 e. The number of rotatable bonds is 2. The zero-order valence-corrected chi connectivity index (χ0v) is 15.2. The highest BCUT2D eigenvalue weighted by Gasteiger charge is 2.03. The van der Waals surface area contributed by atoms with Crippen LogP contribution in [0.25, 0.3) is 11.0 Å². The Hall–Kier alpha value is -1.97. The molecule has 0 aliphatic carbocycles. The second-order valence-electron chi connectivity index (χ2n) is 4.53. The average molecular weight is 381 g/mol. The molecule has 0 amide bonds. The maximum absolute atomic E-state index is 11.3. The zero-order chi connectivity index (χ0) is 17.1. The molecule has 1 N–H and O–H groups in total. The monoisotopic (exact) mass is 380 g/mol. The third-order valence-electron chi connectivity index (χ3n) is 3.08. The van der Waals surface area contributed by atoms with E-state index in [1.54, 1.807) is 27.4 Å². The number of nitrogens with zero attached hydrogens (tertiary/aromatic N) is 5. The minimum Gasteiger partial charge on any atom is -0.298 e. The Kier molecular flexibility index (Phi) is 5.12. The normalized spacial score (nSPS) is 10.8. The minimum absolute atomic E-state index is 0.0978. The first kappa shape index (κ1) is 16.9. The van der Waals surface area contributed by atoms with Crippen LogP contribution >= 0.6 is 35.1 Å². The SMILES string of the molecule is CSc1nc(Cl)c2cccn2n1.CSc1nn2cccc2c(=O)[nH]1. The van der Waals surface area contributed by atoms with E-state index in [-0.39, 0.29) is 5.56 Å². The van der Waals surface area contributed by atoms with E-state index in [9.17, 15) is 4.79 Å². The second kappa shape index (κ2) is 7.29. The van der Waals surface area contributed by atoms with Crippen molar-refractivity contribution in [2.45, 2.75) is 10.3 Å². The van der Waals surface area contributed by atoms with Crippen LogP contribution in [0.5, 0.6) is 0 Å². The number of thioether (sulfide) groups is 2. The number of aromatic amines is 1. The number of fused-ring (bicyclic) bond motifs is 2. The van der Waals surface area contributed by atoms with Crippen molar-refractivity contribution in [3.05, 3.63) is 52.2 Å². The summed E-state index contributed by atoms with van der Waals surface area (Å²) in [5, 5.41) is 10.1. The first-order valence-corrected chi connectivity index (χ1v) is 9.61. The first-order valence-electron chi connectivity index (χ1n) is 6.79. The zero-order valence-electron chi connectivity index (χ0n) is 12.8. The Labute approximate surface area is 150 Å². The summed E-state index contributed by atoms with van der Waals surface area (Å²) >= 11 is 8.78. The quantitative estimate of drug-likeness (QED) is 0.538. The summed E-state index contributed by atoms with van der Waals surface area (Å²) in [6.45, 7) is 0. The summed E-state index contributed by atoms with van der Waals surface area (Å²) in [7, 11) is 0. The summed E-state index contributed by atoms with van der Waals surface area (Å²) in [5.74, 6) is 0. The Morgan fingerprint density at radius 2 is 1.71 bits per heavy atom. The summed E-state index contributed by atoms with van der Waals surface area (Å²) in [6, 6.07) is 7.30. The second-order valence-corrected chi connectivity index (χ2v) is 6.46. The van der Waals surface area contributed by atoms with Crippen LogP contribution in [0.2, 0.25) is 5.15 Å². The lowest BCUT2D eigenvalue weighted by Gasteiger charge is -1.98. The highest BCUT2D eigenvalue weighted by Crippen LogP contribution is 2.17. The summed E-state index contributed by atoms with van der Waals surface area (Å²) in [6.07, 6.45) is 7.39. The number of H-pyrrole nitrogens is 1. The van der Waals surface area contributed by atoms with Crippen molar-refractivity contribution >= 4 is 46.2 Å². The van der Waals surface area contributed by atoms with Crippen LogP contribution in [0.3, 0.4) is 0 Å². The van der Waals surface area contributed by atoms with E-state index in [0.29, 0.717) is 21.0 Å². The summed E-state index contributed by atoms with van der Waals surface area (Å²) in [4.78, 5) is 18.0. The first-order chi connectivity index (χ1) is 11.6. The molecule has 24 heavy (non-hydrogen) atoms. The van der Waals surface area contributed by atoms with E-state index in [1.165, 1.54) is 23.5 Å². The molecule has 0 aromatic carbocycles. The molecule has 4 rings (SSSR count). The molecule has 0 aliphatic heterocycles. The van der Waals surface area contributed by atoms with E-state index in [1.807, 2.05) is 30.8 Å². The lowest BCUT2D eigenvalue weighted by atomic mass is 10.5. The van der Waals surface area contributed by atoms with Gasteiger partial charge in [-0.2, -0.15) is 0 Å². The average Bonchev–Trinajstić information content (AvgIpc) is 3.24. The minimum atomic E-state index is -0.0978. The third-order valence-corrected chi connectivity index (χ3v) is 4.47. The van der Waals surface area contributed by atoms with Gasteiger partial charge in [0.2, 0.25) is 5.16 Å². The fourth-order valence-electron chi connectivity index (χ4n) is 1.98. The maximum Gasteiger partial charge on any atom is 0.275 e. The third kappa shape index (κ3) is 3.42. The summed E-state index contributed by atoms with van der Waals surface area (Å²) < 4.78 is 3.30. The lowest BCUT2D eigenvalue weighted by Crippen LogP contribution is -2.12. The maximum atomic E-state index is 11.3. The van der Waals surface area contributed by atoms with E-state index in [0.717, 1.165) is 5.52 Å². The van der Waals surface area contributed by atoms with Crippen molar-refractivity contribution in [2.75, 3.05) is 12.5 Å². The van der Waals surface area contributed by atoms with Gasteiger partial charge in [-0.1, -0.05) is 35.1 Å². The number of nitrogens with one attached hydrogen (secondary N) is 1. The standard InChI is InChI=1S/C7H6ClN3S.C7H7N3OS/c1-12-7-9-6(8)5-3-2-4-11(5)10-7;1-12-7-8-6(11)5-3-2-4-10(5)9-7/h2-4H,1H3;2-4H,1H3,(H,8,9,11). The van der Waals surface area contributed by atoms with Crippen molar-refractivity contribution in [1.29, 1.82) is 0 Å². The smallest absolute Gasteiger partial charge is 0.275 e. The van der Waals surface area contributed by atoms with E-state index in [4.69, 9.17) is 11.6 Å². The number of halogens is 1. The molecule has 0 aliphatic rings. The Morgan fingerprint density at radius 3 is 2.38 bits per heavy atom. The molecule has 7 nitrogen and oxygen atoms in total. The van der Waals surface area contributed by atoms with Crippen LogP contribution < -0.4 is 5.56 Å². The molecule has 10 heteroatoms. The lowest BCUT2D eigenvalue weighted by molar-refractivity contribution is 0.784. The molecule has 0 radical (unpaired) electrons. The highest BCUT2D eigenvalue weighted by atomic mass is 35.5. The molecule has 0 unspecified atom stereocenters. The fraction of sp³-hybridized carbons (Fsp3) is 0.143. The van der Waals surface area contributed by atoms with Crippen molar-refractivity contribution in [1.82, 2.24) is 29.2 Å². The fourth-order valence-corrected chi connectivity index (χ4v) is 2.98. The van der Waals surface area contributed by atoms with Crippen LogP contribution in [0.1, 0.15) is 0 Å². The van der Waals surface area contributed by atoms with Gasteiger partial charge < -0.3 is 0 Å². The number of aromatic nitrogens is 6. The van der Waals surface area contributed by atoms with Gasteiger partial charge in [0, 0.05) is 12.4 Å². The number of hydrogen-bond donors (Lipinski definition) is 1. The van der Waals surface area contributed by atoms with Crippen LogP contribution in [-0.4, -0.2) is 41.7 Å². The van der Waals surface area contributed by atoms with Gasteiger partial charge >= 0.3 is 0 Å². The van der Waals surface area contributed by atoms with Gasteiger partial charge in [-0.3, -0.25) is 9.78 Å². The molecular weight excluding hydrogens is 368 g/mol. The Bertz CT molecular complexity index is 1040. The van der Waals surface area contributed by atoms with Gasteiger partial charge in [-0.05, 0) is 36.8 Å². The van der Waals surface area contributed by atoms with Gasteiger partial charge in [-0.25, -0.2) is 14.0 Å². The van der Waals surface area contributed by atoms with Gasteiger partial charge in [0.25, 0.3) is 5.56 Å². The van der Waals surface area contributed by atoms with Crippen LogP contribution in [0, 0.1) is 0 Å². The Morgan fingerprint density at radius 1 is 1.04 bits per heavy atom. The van der Waals surface area contributed by atoms with Crippen LogP contribution in [0.15, 0.2) is 51.8 Å². The molecule has 0 saturated heterocycles. The van der Waals surface area contributed by atoms with Crippen molar-refractivity contribution < 1.29 is 0 Å². The predicted molar refractivity (Wildman–Crippen MR) is 97.4 cm³/mol. The molecule has 0 atom stereocenters. The van der Waals surface area contributed by atoms with Crippen molar-refractivity contribution in [3.63, 3.8) is 0 Å². The van der Waals surface area contributed by atoms with Crippen molar-refractivity contribution in [3.8, 4) is 0 Å². The van der Waals surface area contributed by atoms with Gasteiger partial charge in [0.15, 0.2) is 10.3 Å². The molecule has 0 spiro atoms. The number of hydrogen-bond acceptors (Lipinski definition) is 6. The Balaban J connectivity index is 0.000000141. The molecule has 4 aromatic heterocycles. The van der Waals surface area contributed by atoms with E-state index in [2.05, 4.69) is 20.2 Å². The van der Waals surface area contributed by atoms with E-state index < -0.39 is 0 Å². The predicted octanol–water partition coefficient (Wildman–Crippen LogP) is 2.85. The van der Waals surface area contributed by atoms with Gasteiger partial charge in [0.05, 0.1) is 0 Å². The van der Waals surface area contributed by atoms with Crippen molar-refractivity contribution in [2.24, 2.45) is 0 Å². The molecule has 0 saturated carbocycles. The molecule has 0 bridgehead atoms. The van der Waals surface area contributed by atoms with Crippen LogP contribution in [0.4, 0.5) is 0 Å². The summed E-state index contributed by atoms with van der Waals surface area (Å²) in [5.41, 5.74) is 1.32. The van der Waals surface area contributed by atoms with Gasteiger partial charge in [-0.15, -0.1) is 10.2 Å². The molecule has 4 heterocycles. The van der Waals surface area contributed by atoms with E-state index >= 15 is 0 Å². The highest BCUT2D eigenvalue weighted by molar-refractivity contribution is 7.98. The molecular formula is C14H13ClN6OS2. The molecule has 124 valence electrons.